The van der Waals surface area contributed by atoms with Gasteiger partial charge in [-0.15, -0.1) is 0 Å². The van der Waals surface area contributed by atoms with E-state index in [0.29, 0.717) is 6.61 Å². The van der Waals surface area contributed by atoms with Gasteiger partial charge in [-0.3, -0.25) is 0 Å². The lowest BCUT2D eigenvalue weighted by Crippen LogP contribution is -2.59. The topological polar surface area (TPSA) is 252 Å². The molecule has 18 nitrogen and oxygen atoms in total. The van der Waals surface area contributed by atoms with E-state index >= 15 is 0 Å². The van der Waals surface area contributed by atoms with Crippen molar-refractivity contribution in [1.82, 2.24) is 0 Å². The summed E-state index contributed by atoms with van der Waals surface area (Å²) in [5, 5.41) is 36.0. The molecule has 0 aromatic carbocycles. The van der Waals surface area contributed by atoms with Gasteiger partial charge in [0, 0.05) is 47.0 Å². The predicted molar refractivity (Wildman–Crippen MR) is 166 cm³/mol. The Morgan fingerprint density at radius 3 is 1.60 bits per heavy atom. The standard InChI is InChI=1S/C30H53N3O11.2CO2/c1-13-11-38-29(22(35)21(13)34)43-26-16(4)20(8)41-28(18(26)6)42-24-14(2)12-39-30(23(24)36)44-25-15(3)19(7)40-27(17(25)5)37-10-9-32-33-31;2*2-1-3/h13-30,34-36H,9-12H2,1-8H3;;/t13-,14-,15-,16-,17+,18+,19?,20?,21?,22+,23+,24?,25?,26?,27-,28+,29-,30-;;/m1../s1. The van der Waals surface area contributed by atoms with Crippen LogP contribution in [0.25, 0.3) is 10.4 Å². The van der Waals surface area contributed by atoms with Crippen molar-refractivity contribution < 1.29 is 72.4 Å². The molecule has 0 aliphatic carbocycles. The predicted octanol–water partition coefficient (Wildman–Crippen LogP) is 1.40. The maximum absolute atomic E-state index is 11.5. The fourth-order valence-electron chi connectivity index (χ4n) is 6.61. The van der Waals surface area contributed by atoms with E-state index in [0.717, 1.165) is 0 Å². The second kappa shape index (κ2) is 21.2. The second-order valence-electron chi connectivity index (χ2n) is 13.5. The molecule has 0 bridgehead atoms. The Balaban J connectivity index is 0.00000135. The van der Waals surface area contributed by atoms with Crippen molar-refractivity contribution >= 4 is 12.3 Å². The van der Waals surface area contributed by atoms with E-state index in [1.807, 2.05) is 55.4 Å². The van der Waals surface area contributed by atoms with Gasteiger partial charge in [0.05, 0.1) is 56.4 Å². The SMILES string of the molecule is CC1O[C@@H](OCCN=[N+]=[N-])[C@@H](C)C(O[C@H]2OC[C@@H](C)C(O[C@@H]3OC(C)[C@@H](C)C(O[C@H]4OC[C@@H](C)C(O)[C@@H]4O)[C@@H]3C)[C@@H]2O)[C@@H]1C.O=C=O.O=C=O. The second-order valence-corrected chi connectivity index (χ2v) is 13.5. The molecular weight excluding hydrogens is 666 g/mol. The highest BCUT2D eigenvalue weighted by Gasteiger charge is 2.50. The number of aliphatic hydroxyl groups is 3. The highest BCUT2D eigenvalue weighted by molar-refractivity contribution is 5.20. The number of hydrogen-bond donors (Lipinski definition) is 3. The molecule has 4 fully saturated rings. The molecule has 18 heteroatoms. The molecule has 0 radical (unpaired) electrons. The van der Waals surface area contributed by atoms with E-state index in [2.05, 4.69) is 10.0 Å². The van der Waals surface area contributed by atoms with Crippen LogP contribution in [0.2, 0.25) is 0 Å². The average molecular weight is 720 g/mol. The van der Waals surface area contributed by atoms with E-state index in [1.165, 1.54) is 0 Å². The first-order valence-electron chi connectivity index (χ1n) is 16.8. The van der Waals surface area contributed by atoms with Crippen molar-refractivity contribution in [3.8, 4) is 0 Å². The van der Waals surface area contributed by atoms with E-state index in [4.69, 9.17) is 62.6 Å². The Morgan fingerprint density at radius 2 is 1.08 bits per heavy atom. The summed E-state index contributed by atoms with van der Waals surface area (Å²) in [5.74, 6) is -0.899. The van der Waals surface area contributed by atoms with Crippen molar-refractivity contribution in [1.29, 1.82) is 0 Å². The van der Waals surface area contributed by atoms with Gasteiger partial charge in [-0.05, 0) is 19.4 Å². The van der Waals surface area contributed by atoms with Gasteiger partial charge < -0.3 is 53.2 Å². The van der Waals surface area contributed by atoms with Gasteiger partial charge in [0.1, 0.15) is 12.2 Å². The molecule has 3 N–H and O–H groups in total. The summed E-state index contributed by atoms with van der Waals surface area (Å²) in [4.78, 5) is 35.3. The Labute approximate surface area is 291 Å². The summed E-state index contributed by atoms with van der Waals surface area (Å²) >= 11 is 0. The zero-order chi connectivity index (χ0) is 37.7. The van der Waals surface area contributed by atoms with Crippen molar-refractivity contribution in [3.05, 3.63) is 10.4 Å². The largest absolute Gasteiger partial charge is 0.390 e. The minimum atomic E-state index is -1.17. The number of carbonyl (C=O) groups excluding carboxylic acids is 4. The minimum absolute atomic E-state index is 0.0164. The molecule has 6 unspecified atom stereocenters. The van der Waals surface area contributed by atoms with Crippen LogP contribution >= 0.6 is 0 Å². The van der Waals surface area contributed by atoms with Gasteiger partial charge in [0.2, 0.25) is 0 Å². The van der Waals surface area contributed by atoms with Crippen LogP contribution in [0.5, 0.6) is 0 Å². The molecule has 0 saturated carbocycles. The van der Waals surface area contributed by atoms with Gasteiger partial charge in [0.25, 0.3) is 0 Å². The van der Waals surface area contributed by atoms with Crippen LogP contribution in [0.1, 0.15) is 55.4 Å². The van der Waals surface area contributed by atoms with Crippen molar-refractivity contribution in [2.24, 2.45) is 40.6 Å². The lowest BCUT2D eigenvalue weighted by atomic mass is 9.85. The number of hydrogen-bond acceptors (Lipinski definition) is 16. The van der Waals surface area contributed by atoms with Crippen molar-refractivity contribution in [2.75, 3.05) is 26.4 Å². The summed E-state index contributed by atoms with van der Waals surface area (Å²) in [6.45, 7) is 16.6. The quantitative estimate of drug-likeness (QED) is 0.125. The van der Waals surface area contributed by atoms with Gasteiger partial charge in [-0.1, -0.05) is 46.7 Å². The van der Waals surface area contributed by atoms with Crippen LogP contribution in [-0.4, -0.2) is 128 Å². The molecule has 4 saturated heterocycles. The Kier molecular flexibility index (Phi) is 18.6. The van der Waals surface area contributed by atoms with Crippen LogP contribution in [-0.2, 0) is 57.1 Å². The Morgan fingerprint density at radius 1 is 0.640 bits per heavy atom. The third-order valence-electron chi connectivity index (χ3n) is 9.96. The van der Waals surface area contributed by atoms with Crippen molar-refractivity contribution in [3.63, 3.8) is 0 Å². The number of nitrogens with zero attached hydrogens (tertiary/aromatic N) is 3. The van der Waals surface area contributed by atoms with Gasteiger partial charge in [-0.25, -0.2) is 0 Å². The molecule has 0 amide bonds. The average Bonchev–Trinajstić information content (AvgIpc) is 3.07. The van der Waals surface area contributed by atoms with Crippen LogP contribution in [0.3, 0.4) is 0 Å². The molecule has 0 aromatic heterocycles. The molecule has 18 atom stereocenters. The first kappa shape index (κ1) is 43.8. The zero-order valence-electron chi connectivity index (χ0n) is 29.8. The number of ether oxygens (including phenoxy) is 8. The molecule has 4 heterocycles. The fourth-order valence-corrected chi connectivity index (χ4v) is 6.61. The number of aliphatic hydroxyl groups excluding tert-OH is 3. The first-order chi connectivity index (χ1) is 23.7. The lowest BCUT2D eigenvalue weighted by Gasteiger charge is -2.49. The summed E-state index contributed by atoms with van der Waals surface area (Å²) < 4.78 is 49.2. The monoisotopic (exact) mass is 719 g/mol. The lowest BCUT2D eigenvalue weighted by molar-refractivity contribution is -0.355. The van der Waals surface area contributed by atoms with Crippen LogP contribution in [0.4, 0.5) is 0 Å². The molecule has 286 valence electrons. The summed E-state index contributed by atoms with van der Waals surface area (Å²) in [6.07, 6.45) is -7.74. The molecule has 4 aliphatic heterocycles. The van der Waals surface area contributed by atoms with E-state index < -0.39 is 55.7 Å². The van der Waals surface area contributed by atoms with Gasteiger partial charge in [0.15, 0.2) is 25.2 Å². The molecular formula is C32H53N3O15. The molecule has 0 aromatic rings. The van der Waals surface area contributed by atoms with Crippen LogP contribution in [0.15, 0.2) is 5.11 Å². The van der Waals surface area contributed by atoms with Crippen molar-refractivity contribution in [2.45, 2.75) is 129 Å². The molecule has 0 spiro atoms. The molecule has 4 rings (SSSR count). The first-order valence-corrected chi connectivity index (χ1v) is 16.8. The Bertz CT molecular complexity index is 1120. The molecule has 50 heavy (non-hydrogen) atoms. The Hall–Kier alpha value is -2.37. The van der Waals surface area contributed by atoms with E-state index in [9.17, 15) is 15.3 Å². The summed E-state index contributed by atoms with van der Waals surface area (Å²) in [6, 6.07) is 0. The highest BCUT2D eigenvalue weighted by atomic mass is 16.7. The highest BCUT2D eigenvalue weighted by Crippen LogP contribution is 2.39. The minimum Gasteiger partial charge on any atom is -0.390 e. The van der Waals surface area contributed by atoms with E-state index in [1.54, 1.807) is 0 Å². The number of azide groups is 1. The molecule has 4 aliphatic rings. The summed E-state index contributed by atoms with van der Waals surface area (Å²) in [5.41, 5.74) is 8.54. The van der Waals surface area contributed by atoms with Gasteiger partial charge in [-0.2, -0.15) is 19.2 Å². The zero-order valence-corrected chi connectivity index (χ0v) is 29.8. The normalized spacial score (nSPS) is 44.5. The maximum atomic E-state index is 11.5. The number of rotatable bonds is 10. The smallest absolute Gasteiger partial charge is 0.373 e. The maximum Gasteiger partial charge on any atom is 0.373 e. The third kappa shape index (κ3) is 11.3. The third-order valence-corrected chi connectivity index (χ3v) is 9.96. The van der Waals surface area contributed by atoms with Crippen LogP contribution in [0, 0.1) is 35.5 Å². The van der Waals surface area contributed by atoms with E-state index in [-0.39, 0.29) is 85.9 Å². The fraction of sp³-hybridized carbons (Fsp3) is 0.938. The van der Waals surface area contributed by atoms with Crippen LogP contribution < -0.4 is 0 Å². The van der Waals surface area contributed by atoms with Gasteiger partial charge >= 0.3 is 12.3 Å². The summed E-state index contributed by atoms with van der Waals surface area (Å²) in [7, 11) is 0.